The SMILES string of the molecule is Cn1cc(CNc2ccc([N+](=O)[O-])cc2Br)cc1C#N. The molecule has 20 heavy (non-hydrogen) atoms. The Labute approximate surface area is 123 Å². The van der Waals surface area contributed by atoms with Crippen molar-refractivity contribution >= 4 is 27.3 Å². The van der Waals surface area contributed by atoms with Crippen LogP contribution in [0, 0.1) is 21.4 Å². The van der Waals surface area contributed by atoms with Crippen molar-refractivity contribution in [3.63, 3.8) is 0 Å². The maximum atomic E-state index is 10.6. The first-order valence-corrected chi connectivity index (χ1v) is 6.53. The topological polar surface area (TPSA) is 83.9 Å². The third-order valence-electron chi connectivity index (χ3n) is 2.82. The summed E-state index contributed by atoms with van der Waals surface area (Å²) in [5.74, 6) is 0. The molecule has 1 heterocycles. The number of hydrogen-bond donors (Lipinski definition) is 1. The summed E-state index contributed by atoms with van der Waals surface area (Å²) in [4.78, 5) is 10.2. The van der Waals surface area contributed by atoms with E-state index in [1.807, 2.05) is 13.2 Å². The van der Waals surface area contributed by atoms with Crippen molar-refractivity contribution in [1.29, 1.82) is 5.26 Å². The van der Waals surface area contributed by atoms with E-state index in [0.29, 0.717) is 16.7 Å². The van der Waals surface area contributed by atoms with Gasteiger partial charge in [-0.15, -0.1) is 0 Å². The van der Waals surface area contributed by atoms with Crippen molar-refractivity contribution in [3.8, 4) is 6.07 Å². The van der Waals surface area contributed by atoms with Gasteiger partial charge in [0.2, 0.25) is 0 Å². The fourth-order valence-electron chi connectivity index (χ4n) is 1.80. The Balaban J connectivity index is 2.11. The van der Waals surface area contributed by atoms with Crippen LogP contribution >= 0.6 is 15.9 Å². The molecule has 0 aliphatic rings. The highest BCUT2D eigenvalue weighted by Crippen LogP contribution is 2.27. The molecule has 0 saturated carbocycles. The normalized spacial score (nSPS) is 10.1. The average molecular weight is 335 g/mol. The van der Waals surface area contributed by atoms with Crippen LogP contribution in [0.5, 0.6) is 0 Å². The molecule has 2 aromatic rings. The predicted molar refractivity (Wildman–Crippen MR) is 78.3 cm³/mol. The number of halogens is 1. The minimum Gasteiger partial charge on any atom is -0.380 e. The summed E-state index contributed by atoms with van der Waals surface area (Å²) >= 11 is 3.30. The van der Waals surface area contributed by atoms with Crippen LogP contribution in [0.25, 0.3) is 0 Å². The molecule has 1 N–H and O–H groups in total. The number of benzene rings is 1. The van der Waals surface area contributed by atoms with Crippen molar-refractivity contribution in [3.05, 3.63) is 56.3 Å². The molecular formula is C13H11BrN4O2. The molecule has 0 radical (unpaired) electrons. The highest BCUT2D eigenvalue weighted by Gasteiger charge is 2.09. The molecule has 0 aliphatic carbocycles. The summed E-state index contributed by atoms with van der Waals surface area (Å²) in [6.45, 7) is 0.534. The van der Waals surface area contributed by atoms with Crippen molar-refractivity contribution in [2.75, 3.05) is 5.32 Å². The van der Waals surface area contributed by atoms with Crippen LogP contribution in [0.2, 0.25) is 0 Å². The van der Waals surface area contributed by atoms with Crippen molar-refractivity contribution in [2.45, 2.75) is 6.54 Å². The lowest BCUT2D eigenvalue weighted by molar-refractivity contribution is -0.384. The Bertz CT molecular complexity index is 703. The Morgan fingerprint density at radius 2 is 2.25 bits per heavy atom. The molecule has 0 spiro atoms. The summed E-state index contributed by atoms with van der Waals surface area (Å²) in [5, 5.41) is 22.7. The second-order valence-electron chi connectivity index (χ2n) is 4.23. The second kappa shape index (κ2) is 5.75. The van der Waals surface area contributed by atoms with E-state index in [1.54, 1.807) is 16.7 Å². The molecule has 2 rings (SSSR count). The predicted octanol–water partition coefficient (Wildman–Crippen LogP) is 3.18. The number of nitrogens with zero attached hydrogens (tertiary/aromatic N) is 3. The van der Waals surface area contributed by atoms with Crippen LogP contribution in [0.15, 0.2) is 34.9 Å². The largest absolute Gasteiger partial charge is 0.380 e. The van der Waals surface area contributed by atoms with E-state index in [9.17, 15) is 10.1 Å². The van der Waals surface area contributed by atoms with Crippen LogP contribution in [0.4, 0.5) is 11.4 Å². The number of rotatable bonds is 4. The first kappa shape index (κ1) is 14.1. The molecular weight excluding hydrogens is 324 g/mol. The van der Waals surface area contributed by atoms with Crippen molar-refractivity contribution in [2.24, 2.45) is 7.05 Å². The van der Waals surface area contributed by atoms with E-state index in [0.717, 1.165) is 11.3 Å². The monoisotopic (exact) mass is 334 g/mol. The van der Waals surface area contributed by atoms with E-state index in [-0.39, 0.29) is 5.69 Å². The Morgan fingerprint density at radius 3 is 2.80 bits per heavy atom. The highest BCUT2D eigenvalue weighted by molar-refractivity contribution is 9.10. The van der Waals surface area contributed by atoms with Crippen LogP contribution in [-0.4, -0.2) is 9.49 Å². The number of nitrogens with one attached hydrogen (secondary N) is 1. The summed E-state index contributed by atoms with van der Waals surface area (Å²) in [5.41, 5.74) is 2.35. The number of aryl methyl sites for hydroxylation is 1. The molecule has 7 heteroatoms. The standard InChI is InChI=1S/C13H11BrN4O2/c1-17-8-9(4-11(17)6-15)7-16-13-3-2-10(18(19)20)5-12(13)14/h2-5,8,16H,7H2,1H3. The maximum absolute atomic E-state index is 10.6. The van der Waals surface area contributed by atoms with Crippen molar-refractivity contribution < 1.29 is 4.92 Å². The minimum absolute atomic E-state index is 0.0360. The van der Waals surface area contributed by atoms with Gasteiger partial charge in [0.15, 0.2) is 0 Å². The summed E-state index contributed by atoms with van der Waals surface area (Å²) in [7, 11) is 1.81. The highest BCUT2D eigenvalue weighted by atomic mass is 79.9. The Morgan fingerprint density at radius 1 is 1.50 bits per heavy atom. The van der Waals surface area contributed by atoms with Crippen LogP contribution in [0.1, 0.15) is 11.3 Å². The lowest BCUT2D eigenvalue weighted by atomic mass is 10.2. The minimum atomic E-state index is -0.440. The Hall–Kier alpha value is -2.33. The lowest BCUT2D eigenvalue weighted by Gasteiger charge is -2.07. The quantitative estimate of drug-likeness (QED) is 0.687. The maximum Gasteiger partial charge on any atom is 0.270 e. The summed E-state index contributed by atoms with van der Waals surface area (Å²) in [6.07, 6.45) is 1.87. The van der Waals surface area contributed by atoms with Gasteiger partial charge in [0, 0.05) is 42.1 Å². The van der Waals surface area contributed by atoms with Gasteiger partial charge in [0.25, 0.3) is 5.69 Å². The first-order chi connectivity index (χ1) is 9.51. The smallest absolute Gasteiger partial charge is 0.270 e. The molecule has 0 bridgehead atoms. The number of aromatic nitrogens is 1. The van der Waals surface area contributed by atoms with E-state index in [4.69, 9.17) is 5.26 Å². The molecule has 0 aliphatic heterocycles. The second-order valence-corrected chi connectivity index (χ2v) is 5.09. The van der Waals surface area contributed by atoms with E-state index >= 15 is 0 Å². The van der Waals surface area contributed by atoms with Gasteiger partial charge < -0.3 is 9.88 Å². The lowest BCUT2D eigenvalue weighted by Crippen LogP contribution is -1.99. The molecule has 1 aromatic heterocycles. The van der Waals surface area contributed by atoms with E-state index < -0.39 is 4.92 Å². The third kappa shape index (κ3) is 2.97. The number of nitro benzene ring substituents is 1. The summed E-state index contributed by atoms with van der Waals surface area (Å²) in [6, 6.07) is 8.44. The third-order valence-corrected chi connectivity index (χ3v) is 3.48. The zero-order chi connectivity index (χ0) is 14.7. The van der Waals surface area contributed by atoms with Gasteiger partial charge >= 0.3 is 0 Å². The zero-order valence-electron chi connectivity index (χ0n) is 10.6. The zero-order valence-corrected chi connectivity index (χ0v) is 12.2. The molecule has 1 aromatic carbocycles. The fourth-order valence-corrected chi connectivity index (χ4v) is 2.31. The molecule has 102 valence electrons. The van der Waals surface area contributed by atoms with Crippen LogP contribution < -0.4 is 5.32 Å². The van der Waals surface area contributed by atoms with Gasteiger partial charge in [-0.25, -0.2) is 0 Å². The van der Waals surface area contributed by atoms with Gasteiger partial charge in [-0.1, -0.05) is 0 Å². The van der Waals surface area contributed by atoms with Crippen molar-refractivity contribution in [1.82, 2.24) is 4.57 Å². The molecule has 0 fully saturated rings. The average Bonchev–Trinajstić information content (AvgIpc) is 2.77. The van der Waals surface area contributed by atoms with Crippen LogP contribution in [0.3, 0.4) is 0 Å². The van der Waals surface area contributed by atoms with Gasteiger partial charge in [-0.05, 0) is 33.6 Å². The van der Waals surface area contributed by atoms with E-state index in [1.165, 1.54) is 12.1 Å². The number of anilines is 1. The number of non-ortho nitro benzene ring substituents is 1. The molecule has 0 unspecified atom stereocenters. The molecule has 6 nitrogen and oxygen atoms in total. The van der Waals surface area contributed by atoms with E-state index in [2.05, 4.69) is 27.3 Å². The fraction of sp³-hybridized carbons (Fsp3) is 0.154. The number of hydrogen-bond acceptors (Lipinski definition) is 4. The number of nitriles is 1. The molecule has 0 saturated heterocycles. The number of nitro groups is 1. The van der Waals surface area contributed by atoms with Gasteiger partial charge in [0.05, 0.1) is 4.92 Å². The van der Waals surface area contributed by atoms with Gasteiger partial charge in [-0.2, -0.15) is 5.26 Å². The first-order valence-electron chi connectivity index (χ1n) is 5.74. The van der Waals surface area contributed by atoms with Gasteiger partial charge in [-0.3, -0.25) is 10.1 Å². The molecule has 0 atom stereocenters. The Kier molecular flexibility index (Phi) is 4.05. The molecule has 0 amide bonds. The summed E-state index contributed by atoms with van der Waals surface area (Å²) < 4.78 is 2.38. The van der Waals surface area contributed by atoms with Crippen LogP contribution in [-0.2, 0) is 13.6 Å². The van der Waals surface area contributed by atoms with Gasteiger partial charge in [0.1, 0.15) is 11.8 Å².